The third-order valence-corrected chi connectivity index (χ3v) is 5.56. The first kappa shape index (κ1) is 14.6. The molecular weight excluding hydrogens is 278 g/mol. The largest absolute Gasteiger partial charge is 0.342 e. The predicted molar refractivity (Wildman–Crippen MR) is 65.3 cm³/mol. The van der Waals surface area contributed by atoms with Crippen molar-refractivity contribution in [2.24, 2.45) is 5.92 Å². The Morgan fingerprint density at radius 1 is 1.32 bits per heavy atom. The molecule has 2 aliphatic rings. The van der Waals surface area contributed by atoms with Gasteiger partial charge in [0.15, 0.2) is 0 Å². The van der Waals surface area contributed by atoms with Gasteiger partial charge < -0.3 is 4.90 Å². The number of hydrogen-bond donors (Lipinski definition) is 0. The number of amides is 1. The minimum atomic E-state index is -3.16. The fourth-order valence-electron chi connectivity index (χ4n) is 2.50. The van der Waals surface area contributed by atoms with Crippen LogP contribution >= 0.6 is 0 Å². The third-order valence-electron chi connectivity index (χ3n) is 3.60. The van der Waals surface area contributed by atoms with Crippen LogP contribution in [0, 0.1) is 5.92 Å². The second kappa shape index (κ2) is 5.70. The van der Waals surface area contributed by atoms with E-state index in [2.05, 4.69) is 0 Å². The van der Waals surface area contributed by atoms with Crippen LogP contribution in [0.4, 0.5) is 8.78 Å². The molecule has 5 nitrogen and oxygen atoms in total. The van der Waals surface area contributed by atoms with Crippen LogP contribution < -0.4 is 0 Å². The van der Waals surface area contributed by atoms with Crippen molar-refractivity contribution in [2.45, 2.75) is 25.7 Å². The molecule has 2 rings (SSSR count). The monoisotopic (exact) mass is 296 g/mol. The number of nitrogens with zero attached hydrogens (tertiary/aromatic N) is 2. The maximum atomic E-state index is 12.1. The van der Waals surface area contributed by atoms with Gasteiger partial charge in [-0.1, -0.05) is 0 Å². The minimum Gasteiger partial charge on any atom is -0.342 e. The molecule has 2 fully saturated rings. The standard InChI is InChI=1S/C11H18F2N2O3S/c12-10(13)6-9-7-14(8-9)11(16)2-4-15-3-1-5-19(15,17)18/h9-10H,1-8H2. The first-order chi connectivity index (χ1) is 8.88. The maximum absolute atomic E-state index is 12.1. The highest BCUT2D eigenvalue weighted by molar-refractivity contribution is 7.89. The molecule has 8 heteroatoms. The average molecular weight is 296 g/mol. The minimum absolute atomic E-state index is 0.112. The van der Waals surface area contributed by atoms with Gasteiger partial charge >= 0.3 is 0 Å². The van der Waals surface area contributed by atoms with E-state index in [-0.39, 0.29) is 37.0 Å². The summed E-state index contributed by atoms with van der Waals surface area (Å²) < 4.78 is 48.6. The SMILES string of the molecule is O=C(CCN1CCCS1(=O)=O)N1CC(CC(F)F)C1. The van der Waals surface area contributed by atoms with Crippen molar-refractivity contribution < 1.29 is 22.0 Å². The molecule has 0 aromatic carbocycles. The first-order valence-corrected chi connectivity index (χ1v) is 8.03. The van der Waals surface area contributed by atoms with Crippen molar-refractivity contribution in [3.8, 4) is 0 Å². The molecule has 0 unspecified atom stereocenters. The van der Waals surface area contributed by atoms with E-state index < -0.39 is 16.4 Å². The Morgan fingerprint density at radius 3 is 2.53 bits per heavy atom. The summed E-state index contributed by atoms with van der Waals surface area (Å²) in [6.07, 6.45) is -1.74. The van der Waals surface area contributed by atoms with Gasteiger partial charge in [-0.05, 0) is 12.3 Å². The summed E-state index contributed by atoms with van der Waals surface area (Å²) in [5.74, 6) is -0.103. The van der Waals surface area contributed by atoms with E-state index in [0.29, 0.717) is 26.1 Å². The summed E-state index contributed by atoms with van der Waals surface area (Å²) >= 11 is 0. The van der Waals surface area contributed by atoms with Crippen molar-refractivity contribution in [3.63, 3.8) is 0 Å². The summed E-state index contributed by atoms with van der Waals surface area (Å²) in [6, 6.07) is 0. The molecule has 2 aliphatic heterocycles. The van der Waals surface area contributed by atoms with E-state index in [9.17, 15) is 22.0 Å². The highest BCUT2D eigenvalue weighted by Crippen LogP contribution is 2.23. The van der Waals surface area contributed by atoms with E-state index in [0.717, 1.165) is 0 Å². The lowest BCUT2D eigenvalue weighted by Gasteiger charge is -2.39. The quantitative estimate of drug-likeness (QED) is 0.743. The van der Waals surface area contributed by atoms with Gasteiger partial charge in [-0.15, -0.1) is 0 Å². The lowest BCUT2D eigenvalue weighted by molar-refractivity contribution is -0.138. The molecule has 0 aromatic heterocycles. The van der Waals surface area contributed by atoms with E-state index in [1.807, 2.05) is 0 Å². The van der Waals surface area contributed by atoms with Crippen molar-refractivity contribution >= 4 is 15.9 Å². The Balaban J connectivity index is 1.69. The molecular formula is C11H18F2N2O3S. The fraction of sp³-hybridized carbons (Fsp3) is 0.909. The number of hydrogen-bond acceptors (Lipinski definition) is 3. The van der Waals surface area contributed by atoms with E-state index in [4.69, 9.17) is 0 Å². The van der Waals surface area contributed by atoms with Gasteiger partial charge in [0, 0.05) is 39.0 Å². The van der Waals surface area contributed by atoms with E-state index in [1.54, 1.807) is 0 Å². The first-order valence-electron chi connectivity index (χ1n) is 6.42. The van der Waals surface area contributed by atoms with Crippen LogP contribution in [-0.4, -0.2) is 61.9 Å². The topological polar surface area (TPSA) is 57.7 Å². The molecule has 2 heterocycles. The van der Waals surface area contributed by atoms with Crippen LogP contribution in [-0.2, 0) is 14.8 Å². The highest BCUT2D eigenvalue weighted by Gasteiger charge is 2.33. The molecule has 110 valence electrons. The summed E-state index contributed by atoms with van der Waals surface area (Å²) in [6.45, 7) is 1.42. The fourth-order valence-corrected chi connectivity index (χ4v) is 4.02. The van der Waals surface area contributed by atoms with Crippen LogP contribution in [0.3, 0.4) is 0 Å². The van der Waals surface area contributed by atoms with Gasteiger partial charge in [0.1, 0.15) is 0 Å². The van der Waals surface area contributed by atoms with E-state index >= 15 is 0 Å². The number of carbonyl (C=O) groups is 1. The zero-order valence-corrected chi connectivity index (χ0v) is 11.4. The number of halogens is 2. The van der Waals surface area contributed by atoms with E-state index in [1.165, 1.54) is 9.21 Å². The summed E-state index contributed by atoms with van der Waals surface area (Å²) in [4.78, 5) is 13.3. The van der Waals surface area contributed by atoms with Crippen molar-refractivity contribution in [2.75, 3.05) is 31.9 Å². The molecule has 0 bridgehead atoms. The summed E-state index contributed by atoms with van der Waals surface area (Å²) in [7, 11) is -3.16. The number of carbonyl (C=O) groups excluding carboxylic acids is 1. The zero-order valence-electron chi connectivity index (χ0n) is 10.6. The van der Waals surface area contributed by atoms with Gasteiger partial charge in [0.2, 0.25) is 22.4 Å². The molecule has 0 N–H and O–H groups in total. The number of alkyl halides is 2. The molecule has 0 saturated carbocycles. The molecule has 0 atom stereocenters. The van der Waals surface area contributed by atoms with Gasteiger partial charge in [-0.2, -0.15) is 0 Å². The Labute approximate surface area is 111 Å². The van der Waals surface area contributed by atoms with Gasteiger partial charge in [0.25, 0.3) is 0 Å². The number of likely N-dealkylation sites (tertiary alicyclic amines) is 1. The molecule has 0 spiro atoms. The Kier molecular flexibility index (Phi) is 4.39. The Hall–Kier alpha value is -0.760. The van der Waals surface area contributed by atoms with Gasteiger partial charge in [0.05, 0.1) is 5.75 Å². The van der Waals surface area contributed by atoms with Crippen LogP contribution in [0.2, 0.25) is 0 Å². The van der Waals surface area contributed by atoms with Crippen LogP contribution in [0.15, 0.2) is 0 Å². The van der Waals surface area contributed by atoms with Crippen LogP contribution in [0.5, 0.6) is 0 Å². The van der Waals surface area contributed by atoms with Gasteiger partial charge in [-0.3, -0.25) is 4.79 Å². The average Bonchev–Trinajstić information content (AvgIpc) is 2.58. The van der Waals surface area contributed by atoms with Crippen LogP contribution in [0.1, 0.15) is 19.3 Å². The van der Waals surface area contributed by atoms with Crippen molar-refractivity contribution in [1.82, 2.24) is 9.21 Å². The smallest absolute Gasteiger partial charge is 0.239 e. The van der Waals surface area contributed by atoms with Gasteiger partial charge in [-0.25, -0.2) is 21.5 Å². The zero-order chi connectivity index (χ0) is 14.0. The van der Waals surface area contributed by atoms with Crippen molar-refractivity contribution in [3.05, 3.63) is 0 Å². The maximum Gasteiger partial charge on any atom is 0.239 e. The number of sulfonamides is 1. The molecule has 1 amide bonds. The normalized spacial score (nSPS) is 23.8. The molecule has 2 saturated heterocycles. The lowest BCUT2D eigenvalue weighted by Crippen LogP contribution is -2.51. The molecule has 0 radical (unpaired) electrons. The molecule has 0 aromatic rings. The Morgan fingerprint density at radius 2 is 2.00 bits per heavy atom. The molecule has 0 aliphatic carbocycles. The summed E-state index contributed by atoms with van der Waals surface area (Å²) in [5.41, 5.74) is 0. The highest BCUT2D eigenvalue weighted by atomic mass is 32.2. The summed E-state index contributed by atoms with van der Waals surface area (Å²) in [5, 5.41) is 0. The number of rotatable bonds is 5. The van der Waals surface area contributed by atoms with Crippen molar-refractivity contribution in [1.29, 1.82) is 0 Å². The third kappa shape index (κ3) is 3.62. The Bertz CT molecular complexity index is 435. The van der Waals surface area contributed by atoms with Crippen LogP contribution in [0.25, 0.3) is 0 Å². The molecule has 19 heavy (non-hydrogen) atoms. The predicted octanol–water partition coefficient (Wildman–Crippen LogP) is 0.526. The second-order valence-corrected chi connectivity index (χ2v) is 7.20. The second-order valence-electron chi connectivity index (χ2n) is 5.11. The lowest BCUT2D eigenvalue weighted by atomic mass is 9.96.